The third-order valence-corrected chi connectivity index (χ3v) is 2.86. The van der Waals surface area contributed by atoms with E-state index in [9.17, 15) is 9.59 Å². The molecule has 0 saturated heterocycles. The molecule has 0 atom stereocenters. The van der Waals surface area contributed by atoms with Crippen LogP contribution in [0.15, 0.2) is 48.5 Å². The highest BCUT2D eigenvalue weighted by Crippen LogP contribution is 2.00. The minimum absolute atomic E-state index is 0.115. The minimum atomic E-state index is -0.534. The second-order valence-electron chi connectivity index (χ2n) is 4.68. The smallest absolute Gasteiger partial charge is 0.408 e. The zero-order chi connectivity index (χ0) is 16.5. The summed E-state index contributed by atoms with van der Waals surface area (Å²) in [5.74, 6) is 5.43. The fourth-order valence-electron chi connectivity index (χ4n) is 1.73. The number of hydrogen-bond acceptors (Lipinski definition) is 4. The number of alkyl carbamates (subject to hydrolysis) is 1. The molecule has 0 aliphatic rings. The third-order valence-electron chi connectivity index (χ3n) is 2.86. The van der Waals surface area contributed by atoms with E-state index in [0.717, 1.165) is 5.56 Å². The Hall–Kier alpha value is -3.13. The fourth-order valence-corrected chi connectivity index (χ4v) is 1.73. The standard InChI is InChI=1S/C18H16N2O3/c1-14(21)17-11-5-9-16(20-17)10-6-12-19-18(22)23-13-15-7-3-2-4-8-15/h2-5,7-9,11H,12-13H2,1H3,(H,19,22). The maximum atomic E-state index is 11.5. The molecule has 0 unspecified atom stereocenters. The predicted octanol–water partition coefficient (Wildman–Crippen LogP) is 2.56. The third kappa shape index (κ3) is 5.64. The predicted molar refractivity (Wildman–Crippen MR) is 85.7 cm³/mol. The Labute approximate surface area is 134 Å². The van der Waals surface area contributed by atoms with Crippen molar-refractivity contribution in [1.82, 2.24) is 10.3 Å². The monoisotopic (exact) mass is 308 g/mol. The first-order valence-electron chi connectivity index (χ1n) is 7.06. The molecule has 1 aromatic heterocycles. The lowest BCUT2D eigenvalue weighted by Gasteiger charge is -2.04. The van der Waals surface area contributed by atoms with E-state index in [1.807, 2.05) is 30.3 Å². The Morgan fingerprint density at radius 1 is 1.13 bits per heavy atom. The van der Waals surface area contributed by atoms with Gasteiger partial charge < -0.3 is 10.1 Å². The normalized spacial score (nSPS) is 9.43. The van der Waals surface area contributed by atoms with Gasteiger partial charge in [0.15, 0.2) is 5.78 Å². The number of pyridine rings is 1. The molecule has 0 saturated carbocycles. The Bertz CT molecular complexity index is 746. The quantitative estimate of drug-likeness (QED) is 0.696. The summed E-state index contributed by atoms with van der Waals surface area (Å²) in [5, 5.41) is 2.53. The topological polar surface area (TPSA) is 68.3 Å². The van der Waals surface area contributed by atoms with Gasteiger partial charge in [0, 0.05) is 6.92 Å². The highest BCUT2D eigenvalue weighted by molar-refractivity contribution is 5.92. The van der Waals surface area contributed by atoms with Crippen molar-refractivity contribution in [3.05, 3.63) is 65.5 Å². The summed E-state index contributed by atoms with van der Waals surface area (Å²) >= 11 is 0. The van der Waals surface area contributed by atoms with Gasteiger partial charge >= 0.3 is 6.09 Å². The molecule has 5 nitrogen and oxygen atoms in total. The van der Waals surface area contributed by atoms with Crippen molar-refractivity contribution in [2.24, 2.45) is 0 Å². The van der Waals surface area contributed by atoms with Crippen molar-refractivity contribution in [2.45, 2.75) is 13.5 Å². The Morgan fingerprint density at radius 2 is 1.91 bits per heavy atom. The van der Waals surface area contributed by atoms with Crippen LogP contribution in [0.25, 0.3) is 0 Å². The zero-order valence-electron chi connectivity index (χ0n) is 12.7. The molecule has 0 fully saturated rings. The first-order chi connectivity index (χ1) is 11.1. The Balaban J connectivity index is 1.78. The van der Waals surface area contributed by atoms with E-state index in [2.05, 4.69) is 22.1 Å². The molecule has 0 radical (unpaired) electrons. The van der Waals surface area contributed by atoms with Gasteiger partial charge in [0.25, 0.3) is 0 Å². The SMILES string of the molecule is CC(=O)c1cccc(C#CCNC(=O)OCc2ccccc2)n1. The molecular weight excluding hydrogens is 292 g/mol. The molecular formula is C18H16N2O3. The Kier molecular flexibility index (Phi) is 5.89. The van der Waals surface area contributed by atoms with E-state index in [4.69, 9.17) is 4.74 Å². The van der Waals surface area contributed by atoms with Gasteiger partial charge in [-0.3, -0.25) is 4.79 Å². The summed E-state index contributed by atoms with van der Waals surface area (Å²) in [4.78, 5) is 26.8. The van der Waals surface area contributed by atoms with Crippen LogP contribution in [0.2, 0.25) is 0 Å². The van der Waals surface area contributed by atoms with Crippen LogP contribution in [0.3, 0.4) is 0 Å². The fraction of sp³-hybridized carbons (Fsp3) is 0.167. The van der Waals surface area contributed by atoms with Gasteiger partial charge in [0.1, 0.15) is 18.0 Å². The van der Waals surface area contributed by atoms with Crippen molar-refractivity contribution < 1.29 is 14.3 Å². The van der Waals surface area contributed by atoms with Crippen LogP contribution in [0, 0.1) is 11.8 Å². The molecule has 0 bridgehead atoms. The first kappa shape index (κ1) is 16.2. The van der Waals surface area contributed by atoms with Crippen LogP contribution in [-0.2, 0) is 11.3 Å². The number of benzene rings is 1. The largest absolute Gasteiger partial charge is 0.445 e. The summed E-state index contributed by atoms with van der Waals surface area (Å²) < 4.78 is 5.05. The number of amides is 1. The molecule has 1 amide bonds. The maximum absolute atomic E-state index is 11.5. The second kappa shape index (κ2) is 8.35. The second-order valence-corrected chi connectivity index (χ2v) is 4.68. The number of hydrogen-bond donors (Lipinski definition) is 1. The van der Waals surface area contributed by atoms with Gasteiger partial charge in [0.2, 0.25) is 0 Å². The van der Waals surface area contributed by atoms with Crippen LogP contribution in [0.1, 0.15) is 28.7 Å². The van der Waals surface area contributed by atoms with Crippen molar-refractivity contribution in [1.29, 1.82) is 0 Å². The van der Waals surface area contributed by atoms with E-state index in [1.165, 1.54) is 6.92 Å². The minimum Gasteiger partial charge on any atom is -0.445 e. The summed E-state index contributed by atoms with van der Waals surface area (Å²) in [5.41, 5.74) is 1.77. The van der Waals surface area contributed by atoms with Gasteiger partial charge in [-0.05, 0) is 23.6 Å². The molecule has 23 heavy (non-hydrogen) atoms. The molecule has 0 spiro atoms. The van der Waals surface area contributed by atoms with Gasteiger partial charge in [-0.25, -0.2) is 9.78 Å². The molecule has 0 aliphatic carbocycles. The number of nitrogens with zero attached hydrogens (tertiary/aromatic N) is 1. The average molecular weight is 308 g/mol. The lowest BCUT2D eigenvalue weighted by atomic mass is 10.2. The highest BCUT2D eigenvalue weighted by Gasteiger charge is 2.01. The lowest BCUT2D eigenvalue weighted by molar-refractivity contribution is 0.101. The number of rotatable bonds is 4. The number of carbonyl (C=O) groups excluding carboxylic acids is 2. The van der Waals surface area contributed by atoms with Crippen molar-refractivity contribution in [3.63, 3.8) is 0 Å². The number of nitrogens with one attached hydrogen (secondary N) is 1. The Morgan fingerprint density at radius 3 is 2.65 bits per heavy atom. The molecule has 1 N–H and O–H groups in total. The lowest BCUT2D eigenvalue weighted by Crippen LogP contribution is -2.24. The summed E-state index contributed by atoms with van der Waals surface area (Å²) in [6, 6.07) is 14.5. The van der Waals surface area contributed by atoms with Crippen LogP contribution in [0.4, 0.5) is 4.79 Å². The van der Waals surface area contributed by atoms with Crippen molar-refractivity contribution in [2.75, 3.05) is 6.54 Å². The summed E-state index contributed by atoms with van der Waals surface area (Å²) in [6.45, 7) is 1.80. The van der Waals surface area contributed by atoms with E-state index in [-0.39, 0.29) is 18.9 Å². The maximum Gasteiger partial charge on any atom is 0.408 e. The van der Waals surface area contributed by atoms with Gasteiger partial charge in [0.05, 0.1) is 6.54 Å². The van der Waals surface area contributed by atoms with Gasteiger partial charge in [-0.2, -0.15) is 0 Å². The van der Waals surface area contributed by atoms with Gasteiger partial charge in [-0.1, -0.05) is 42.3 Å². The number of carbonyl (C=O) groups is 2. The summed E-state index contributed by atoms with van der Waals surface area (Å²) in [7, 11) is 0. The van der Waals surface area contributed by atoms with E-state index in [0.29, 0.717) is 11.4 Å². The van der Waals surface area contributed by atoms with Crippen LogP contribution >= 0.6 is 0 Å². The van der Waals surface area contributed by atoms with E-state index < -0.39 is 6.09 Å². The number of aromatic nitrogens is 1. The molecule has 116 valence electrons. The van der Waals surface area contributed by atoms with Crippen molar-refractivity contribution >= 4 is 11.9 Å². The van der Waals surface area contributed by atoms with Crippen molar-refractivity contribution in [3.8, 4) is 11.8 Å². The highest BCUT2D eigenvalue weighted by atomic mass is 16.5. The molecule has 0 aliphatic heterocycles. The average Bonchev–Trinajstić information content (AvgIpc) is 2.58. The first-order valence-corrected chi connectivity index (χ1v) is 7.06. The number of ketones is 1. The number of Topliss-reactive ketones (excluding diaryl/α,β-unsaturated/α-hetero) is 1. The zero-order valence-corrected chi connectivity index (χ0v) is 12.7. The van der Waals surface area contributed by atoms with Crippen LogP contribution < -0.4 is 5.32 Å². The molecule has 2 aromatic rings. The molecule has 5 heteroatoms. The number of ether oxygens (including phenoxy) is 1. The molecule has 2 rings (SSSR count). The summed E-state index contributed by atoms with van der Waals surface area (Å²) in [6.07, 6.45) is -0.534. The van der Waals surface area contributed by atoms with Crippen LogP contribution in [-0.4, -0.2) is 23.4 Å². The van der Waals surface area contributed by atoms with Crippen LogP contribution in [0.5, 0.6) is 0 Å². The van der Waals surface area contributed by atoms with E-state index >= 15 is 0 Å². The molecule has 1 aromatic carbocycles. The van der Waals surface area contributed by atoms with E-state index in [1.54, 1.807) is 18.2 Å². The molecule has 1 heterocycles. The van der Waals surface area contributed by atoms with Gasteiger partial charge in [-0.15, -0.1) is 0 Å².